The molecule has 0 bridgehead atoms. The Kier molecular flexibility index (Phi) is 4.51. The van der Waals surface area contributed by atoms with Crippen molar-refractivity contribution in [1.29, 1.82) is 0 Å². The van der Waals surface area contributed by atoms with Gasteiger partial charge in [-0.05, 0) is 31.7 Å². The molecule has 0 aromatic carbocycles. The third kappa shape index (κ3) is 3.05. The Bertz CT molecular complexity index is 735. The maximum absolute atomic E-state index is 13.0. The zero-order valence-electron chi connectivity index (χ0n) is 15.7. The normalized spacial score (nSPS) is 22.8. The summed E-state index contributed by atoms with van der Waals surface area (Å²) in [5.74, 6) is -0.455. The van der Waals surface area contributed by atoms with E-state index in [1.165, 1.54) is 0 Å². The number of likely N-dealkylation sites (tertiary alicyclic amines) is 2. The van der Waals surface area contributed by atoms with Crippen molar-refractivity contribution < 1.29 is 22.8 Å². The molecule has 7 heteroatoms. The fourth-order valence-electron chi connectivity index (χ4n) is 5.02. The molecule has 0 N–H and O–H groups in total. The van der Waals surface area contributed by atoms with Crippen molar-refractivity contribution in [2.24, 2.45) is 10.8 Å². The molecule has 1 aromatic heterocycles. The highest BCUT2D eigenvalue weighted by molar-refractivity contribution is 5.94. The van der Waals surface area contributed by atoms with Gasteiger partial charge in [0, 0.05) is 37.0 Å². The predicted octanol–water partition coefficient (Wildman–Crippen LogP) is 3.86. The monoisotopic (exact) mass is 380 g/mol. The third-order valence-electron chi connectivity index (χ3n) is 6.64. The molecule has 3 aliphatic rings. The van der Waals surface area contributed by atoms with E-state index < -0.39 is 12.2 Å². The number of carbonyl (C=O) groups excluding carboxylic acids is 2. The minimum absolute atomic E-state index is 0.0300. The van der Waals surface area contributed by atoms with E-state index >= 15 is 0 Å². The summed E-state index contributed by atoms with van der Waals surface area (Å²) < 4.78 is 30.0. The van der Waals surface area contributed by atoms with E-state index in [-0.39, 0.29) is 22.3 Å². The lowest BCUT2D eigenvalue weighted by Crippen LogP contribution is -2.60. The summed E-state index contributed by atoms with van der Waals surface area (Å²) in [4.78, 5) is 29.2. The van der Waals surface area contributed by atoms with Crippen molar-refractivity contribution in [1.82, 2.24) is 9.80 Å². The number of halogens is 2. The van der Waals surface area contributed by atoms with Crippen LogP contribution in [0.1, 0.15) is 68.0 Å². The first-order valence-electron chi connectivity index (χ1n) is 9.83. The second kappa shape index (κ2) is 6.60. The first-order valence-corrected chi connectivity index (χ1v) is 9.83. The molecule has 0 atom stereocenters. The SMILES string of the molecule is CCCC1(C(=O)N2CCC3(CN(C(=O)c4coc(C(F)F)c4)C3)C2)CCC1. The maximum Gasteiger partial charge on any atom is 0.295 e. The molecule has 1 aromatic rings. The predicted molar refractivity (Wildman–Crippen MR) is 94.4 cm³/mol. The molecule has 2 aliphatic heterocycles. The second-order valence-electron chi connectivity index (χ2n) is 8.56. The largest absolute Gasteiger partial charge is 0.462 e. The summed E-state index contributed by atoms with van der Waals surface area (Å²) in [6.45, 7) is 4.74. The summed E-state index contributed by atoms with van der Waals surface area (Å²) in [6, 6.07) is 1.12. The van der Waals surface area contributed by atoms with E-state index in [0.717, 1.165) is 57.4 Å². The molecule has 1 aliphatic carbocycles. The fraction of sp³-hybridized carbons (Fsp3) is 0.700. The lowest BCUT2D eigenvalue weighted by atomic mass is 9.65. The van der Waals surface area contributed by atoms with Crippen LogP contribution < -0.4 is 0 Å². The molecular formula is C20H26F2N2O3. The number of furan rings is 1. The maximum atomic E-state index is 13.0. The summed E-state index contributed by atoms with van der Waals surface area (Å²) in [5.41, 5.74) is 0.00202. The van der Waals surface area contributed by atoms with Crippen LogP contribution in [0.15, 0.2) is 16.7 Å². The highest BCUT2D eigenvalue weighted by atomic mass is 19.3. The molecule has 0 radical (unpaired) electrons. The number of amides is 2. The van der Waals surface area contributed by atoms with Crippen LogP contribution in [0.4, 0.5) is 8.78 Å². The van der Waals surface area contributed by atoms with Gasteiger partial charge in [-0.1, -0.05) is 19.8 Å². The van der Waals surface area contributed by atoms with E-state index in [2.05, 4.69) is 6.92 Å². The van der Waals surface area contributed by atoms with E-state index in [1.54, 1.807) is 4.90 Å². The summed E-state index contributed by atoms with van der Waals surface area (Å²) >= 11 is 0. The Morgan fingerprint density at radius 3 is 2.44 bits per heavy atom. The highest BCUT2D eigenvalue weighted by Crippen LogP contribution is 2.49. The van der Waals surface area contributed by atoms with Crippen LogP contribution in [-0.2, 0) is 4.79 Å². The van der Waals surface area contributed by atoms with Gasteiger partial charge < -0.3 is 14.2 Å². The van der Waals surface area contributed by atoms with Gasteiger partial charge in [-0.3, -0.25) is 9.59 Å². The Morgan fingerprint density at radius 2 is 1.89 bits per heavy atom. The Balaban J connectivity index is 1.35. The van der Waals surface area contributed by atoms with Gasteiger partial charge >= 0.3 is 0 Å². The zero-order chi connectivity index (χ0) is 19.2. The molecule has 4 rings (SSSR count). The average molecular weight is 380 g/mol. The fourth-order valence-corrected chi connectivity index (χ4v) is 5.02. The van der Waals surface area contributed by atoms with Crippen LogP contribution in [0.5, 0.6) is 0 Å². The highest BCUT2D eigenvalue weighted by Gasteiger charge is 2.53. The van der Waals surface area contributed by atoms with Gasteiger partial charge in [0.25, 0.3) is 12.3 Å². The molecule has 27 heavy (non-hydrogen) atoms. The van der Waals surface area contributed by atoms with Crippen molar-refractivity contribution >= 4 is 11.8 Å². The van der Waals surface area contributed by atoms with Gasteiger partial charge in [-0.2, -0.15) is 0 Å². The van der Waals surface area contributed by atoms with Crippen molar-refractivity contribution in [3.63, 3.8) is 0 Å². The summed E-state index contributed by atoms with van der Waals surface area (Å²) in [6.07, 6.45) is 4.42. The molecule has 0 unspecified atom stereocenters. The molecule has 5 nitrogen and oxygen atoms in total. The van der Waals surface area contributed by atoms with E-state index in [0.29, 0.717) is 25.5 Å². The number of alkyl halides is 2. The third-order valence-corrected chi connectivity index (χ3v) is 6.64. The minimum Gasteiger partial charge on any atom is -0.462 e. The number of rotatable bonds is 5. The number of hydrogen-bond acceptors (Lipinski definition) is 3. The van der Waals surface area contributed by atoms with E-state index in [9.17, 15) is 18.4 Å². The molecule has 1 spiro atoms. The van der Waals surface area contributed by atoms with Crippen molar-refractivity contribution in [3.05, 3.63) is 23.7 Å². The lowest BCUT2D eigenvalue weighted by Gasteiger charge is -2.48. The van der Waals surface area contributed by atoms with Crippen molar-refractivity contribution in [3.8, 4) is 0 Å². The molecule has 2 saturated heterocycles. The van der Waals surface area contributed by atoms with E-state index in [4.69, 9.17) is 4.42 Å². The molecule has 148 valence electrons. The summed E-state index contributed by atoms with van der Waals surface area (Å²) in [7, 11) is 0. The van der Waals surface area contributed by atoms with Crippen LogP contribution in [0.3, 0.4) is 0 Å². The number of hydrogen-bond donors (Lipinski definition) is 0. The van der Waals surface area contributed by atoms with Crippen LogP contribution in [0.2, 0.25) is 0 Å². The van der Waals surface area contributed by atoms with Crippen molar-refractivity contribution in [2.45, 2.75) is 51.9 Å². The van der Waals surface area contributed by atoms with Gasteiger partial charge in [-0.15, -0.1) is 0 Å². The van der Waals surface area contributed by atoms with Gasteiger partial charge in [0.05, 0.1) is 5.56 Å². The Hall–Kier alpha value is -1.92. The first-order chi connectivity index (χ1) is 12.9. The molecule has 1 saturated carbocycles. The number of nitrogens with zero attached hydrogens (tertiary/aromatic N) is 2. The molecular weight excluding hydrogens is 354 g/mol. The van der Waals surface area contributed by atoms with E-state index in [1.807, 2.05) is 4.90 Å². The summed E-state index contributed by atoms with van der Waals surface area (Å²) in [5, 5.41) is 0. The Morgan fingerprint density at radius 1 is 1.19 bits per heavy atom. The van der Waals surface area contributed by atoms with Gasteiger partial charge in [0.1, 0.15) is 6.26 Å². The standard InChI is InChI=1S/C20H26F2N2O3/c1-2-4-20(5-3-6-20)18(26)23-8-7-19(11-23)12-24(13-19)17(25)14-9-15(16(21)22)27-10-14/h9-10,16H,2-8,11-13H2,1H3. The Labute approximate surface area is 157 Å². The van der Waals surface area contributed by atoms with Crippen LogP contribution in [0, 0.1) is 10.8 Å². The van der Waals surface area contributed by atoms with Gasteiger partial charge in [0.15, 0.2) is 5.76 Å². The minimum atomic E-state index is -2.72. The average Bonchev–Trinajstić information content (AvgIpc) is 3.22. The van der Waals surface area contributed by atoms with Crippen LogP contribution >= 0.6 is 0 Å². The van der Waals surface area contributed by atoms with Crippen LogP contribution in [0.25, 0.3) is 0 Å². The first kappa shape index (κ1) is 18.4. The quantitative estimate of drug-likeness (QED) is 0.779. The topological polar surface area (TPSA) is 53.8 Å². The lowest BCUT2D eigenvalue weighted by molar-refractivity contribution is -0.148. The molecule has 3 fully saturated rings. The smallest absolute Gasteiger partial charge is 0.295 e. The molecule has 3 heterocycles. The van der Waals surface area contributed by atoms with Gasteiger partial charge in [-0.25, -0.2) is 8.78 Å². The van der Waals surface area contributed by atoms with Crippen molar-refractivity contribution in [2.75, 3.05) is 26.2 Å². The van der Waals surface area contributed by atoms with Gasteiger partial charge in [0.2, 0.25) is 5.91 Å². The van der Waals surface area contributed by atoms with Crippen LogP contribution in [-0.4, -0.2) is 47.8 Å². The molecule has 2 amide bonds. The number of carbonyl (C=O) groups is 2. The second-order valence-corrected chi connectivity index (χ2v) is 8.56. The zero-order valence-corrected chi connectivity index (χ0v) is 15.7.